The molecule has 0 radical (unpaired) electrons. The third-order valence-corrected chi connectivity index (χ3v) is 2.85. The summed E-state index contributed by atoms with van der Waals surface area (Å²) < 4.78 is 0. The molecule has 3 nitrogen and oxygen atoms in total. The van der Waals surface area contributed by atoms with Crippen LogP contribution in [0.25, 0.3) is 0 Å². The molecule has 0 aromatic carbocycles. The van der Waals surface area contributed by atoms with Crippen molar-refractivity contribution in [3.8, 4) is 0 Å². The highest BCUT2D eigenvalue weighted by atomic mass is 16.4. The molecular formula is C11H23NO2. The first kappa shape index (κ1) is 13.4. The predicted molar refractivity (Wildman–Crippen MR) is 58.5 cm³/mol. The number of carboxylic acid groups (broad SMARTS) is 1. The van der Waals surface area contributed by atoms with Crippen molar-refractivity contribution >= 4 is 5.97 Å². The quantitative estimate of drug-likeness (QED) is 0.687. The molecule has 0 amide bonds. The summed E-state index contributed by atoms with van der Waals surface area (Å²) >= 11 is 0. The van der Waals surface area contributed by atoms with Crippen LogP contribution in [0.3, 0.4) is 0 Å². The van der Waals surface area contributed by atoms with Gasteiger partial charge in [-0.1, -0.05) is 27.2 Å². The van der Waals surface area contributed by atoms with Gasteiger partial charge in [0.15, 0.2) is 0 Å². The molecule has 1 N–H and O–H groups in total. The maximum atomic E-state index is 10.8. The van der Waals surface area contributed by atoms with Crippen molar-refractivity contribution in [1.82, 2.24) is 4.90 Å². The van der Waals surface area contributed by atoms with Crippen molar-refractivity contribution in [2.45, 2.75) is 52.5 Å². The zero-order valence-corrected chi connectivity index (χ0v) is 9.84. The van der Waals surface area contributed by atoms with Gasteiger partial charge in [0, 0.05) is 5.54 Å². The van der Waals surface area contributed by atoms with Crippen molar-refractivity contribution in [2.24, 2.45) is 0 Å². The molecule has 0 bridgehead atoms. The molecule has 0 aliphatic rings. The molecule has 0 fully saturated rings. The smallest absolute Gasteiger partial charge is 0.305 e. The third-order valence-electron chi connectivity index (χ3n) is 2.85. The standard InChI is InChI=1S/C11H23NO2/c1-5-8-11(4,9-10(13)14)12(6-2)7-3/h5-9H2,1-4H3,(H,13,14). The topological polar surface area (TPSA) is 40.5 Å². The van der Waals surface area contributed by atoms with Crippen LogP contribution in [0.5, 0.6) is 0 Å². The Balaban J connectivity index is 4.57. The van der Waals surface area contributed by atoms with Gasteiger partial charge < -0.3 is 5.11 Å². The summed E-state index contributed by atoms with van der Waals surface area (Å²) in [5, 5.41) is 8.89. The van der Waals surface area contributed by atoms with Gasteiger partial charge in [-0.3, -0.25) is 9.69 Å². The second-order valence-electron chi connectivity index (χ2n) is 3.99. The first-order valence-electron chi connectivity index (χ1n) is 5.47. The summed E-state index contributed by atoms with van der Waals surface area (Å²) in [7, 11) is 0. The molecule has 0 aromatic heterocycles. The Labute approximate surface area is 87.1 Å². The van der Waals surface area contributed by atoms with Gasteiger partial charge in [-0.05, 0) is 26.4 Å². The van der Waals surface area contributed by atoms with E-state index in [1.54, 1.807) is 0 Å². The SMILES string of the molecule is CCCC(C)(CC(=O)O)N(CC)CC. The molecule has 1 unspecified atom stereocenters. The molecule has 0 saturated carbocycles. The Bertz CT molecular complexity index is 178. The van der Waals surface area contributed by atoms with E-state index in [2.05, 4.69) is 32.6 Å². The largest absolute Gasteiger partial charge is 0.481 e. The lowest BCUT2D eigenvalue weighted by Gasteiger charge is -2.39. The molecule has 0 saturated heterocycles. The Morgan fingerprint density at radius 3 is 2.07 bits per heavy atom. The Morgan fingerprint density at radius 2 is 1.79 bits per heavy atom. The molecular weight excluding hydrogens is 178 g/mol. The van der Waals surface area contributed by atoms with Crippen LogP contribution in [0.1, 0.15) is 47.0 Å². The fraction of sp³-hybridized carbons (Fsp3) is 0.909. The zero-order valence-electron chi connectivity index (χ0n) is 9.84. The van der Waals surface area contributed by atoms with Crippen LogP contribution < -0.4 is 0 Å². The van der Waals surface area contributed by atoms with E-state index >= 15 is 0 Å². The van der Waals surface area contributed by atoms with Crippen LogP contribution in [0.15, 0.2) is 0 Å². The normalized spacial score (nSPS) is 15.5. The number of carbonyl (C=O) groups is 1. The minimum absolute atomic E-state index is 0.177. The van der Waals surface area contributed by atoms with Gasteiger partial charge in [0.2, 0.25) is 0 Å². The van der Waals surface area contributed by atoms with E-state index in [0.29, 0.717) is 0 Å². The number of nitrogens with zero attached hydrogens (tertiary/aromatic N) is 1. The van der Waals surface area contributed by atoms with Gasteiger partial charge in [-0.15, -0.1) is 0 Å². The lowest BCUT2D eigenvalue weighted by molar-refractivity contribution is -0.140. The molecule has 0 aromatic rings. The first-order chi connectivity index (χ1) is 6.50. The number of rotatable bonds is 7. The Hall–Kier alpha value is -0.570. The maximum absolute atomic E-state index is 10.8. The lowest BCUT2D eigenvalue weighted by atomic mass is 9.90. The fourth-order valence-electron chi connectivity index (χ4n) is 2.21. The molecule has 84 valence electrons. The van der Waals surface area contributed by atoms with Crippen LogP contribution >= 0.6 is 0 Å². The van der Waals surface area contributed by atoms with E-state index < -0.39 is 5.97 Å². The van der Waals surface area contributed by atoms with Crippen molar-refractivity contribution in [3.63, 3.8) is 0 Å². The van der Waals surface area contributed by atoms with E-state index in [4.69, 9.17) is 5.11 Å². The molecule has 0 spiro atoms. The van der Waals surface area contributed by atoms with Gasteiger partial charge in [0.25, 0.3) is 0 Å². The zero-order chi connectivity index (χ0) is 11.2. The molecule has 0 aliphatic carbocycles. The van der Waals surface area contributed by atoms with Crippen molar-refractivity contribution in [3.05, 3.63) is 0 Å². The second-order valence-corrected chi connectivity index (χ2v) is 3.99. The number of aliphatic carboxylic acids is 1. The Kier molecular flexibility index (Phi) is 5.77. The van der Waals surface area contributed by atoms with Gasteiger partial charge in [-0.2, -0.15) is 0 Å². The summed E-state index contributed by atoms with van der Waals surface area (Å²) in [6.45, 7) is 10.2. The van der Waals surface area contributed by atoms with Crippen LogP contribution in [0, 0.1) is 0 Å². The summed E-state index contributed by atoms with van der Waals surface area (Å²) in [6.07, 6.45) is 2.21. The fourth-order valence-corrected chi connectivity index (χ4v) is 2.21. The summed E-state index contributed by atoms with van der Waals surface area (Å²) in [5.74, 6) is -0.701. The van der Waals surface area contributed by atoms with Crippen LogP contribution in [-0.4, -0.2) is 34.6 Å². The predicted octanol–water partition coefficient (Wildman–Crippen LogP) is 2.36. The first-order valence-corrected chi connectivity index (χ1v) is 5.47. The Morgan fingerprint density at radius 1 is 1.29 bits per heavy atom. The number of hydrogen-bond donors (Lipinski definition) is 1. The van der Waals surface area contributed by atoms with E-state index in [0.717, 1.165) is 25.9 Å². The van der Waals surface area contributed by atoms with Gasteiger partial charge in [0.05, 0.1) is 6.42 Å². The van der Waals surface area contributed by atoms with E-state index in [9.17, 15) is 4.79 Å². The monoisotopic (exact) mass is 201 g/mol. The minimum Gasteiger partial charge on any atom is -0.481 e. The third kappa shape index (κ3) is 3.66. The van der Waals surface area contributed by atoms with Gasteiger partial charge in [-0.25, -0.2) is 0 Å². The van der Waals surface area contributed by atoms with Crippen LogP contribution in [0.4, 0.5) is 0 Å². The van der Waals surface area contributed by atoms with Crippen molar-refractivity contribution in [1.29, 1.82) is 0 Å². The van der Waals surface area contributed by atoms with Gasteiger partial charge in [0.1, 0.15) is 0 Å². The summed E-state index contributed by atoms with van der Waals surface area (Å²) in [4.78, 5) is 13.0. The summed E-state index contributed by atoms with van der Waals surface area (Å²) in [6, 6.07) is 0. The van der Waals surface area contributed by atoms with Crippen LogP contribution in [0.2, 0.25) is 0 Å². The van der Waals surface area contributed by atoms with E-state index in [1.807, 2.05) is 0 Å². The number of carboxylic acids is 1. The van der Waals surface area contributed by atoms with Crippen molar-refractivity contribution in [2.75, 3.05) is 13.1 Å². The average Bonchev–Trinajstić information content (AvgIpc) is 2.04. The average molecular weight is 201 g/mol. The molecule has 14 heavy (non-hydrogen) atoms. The lowest BCUT2D eigenvalue weighted by Crippen LogP contribution is -2.47. The molecule has 0 heterocycles. The van der Waals surface area contributed by atoms with Gasteiger partial charge >= 0.3 is 5.97 Å². The van der Waals surface area contributed by atoms with E-state index in [-0.39, 0.29) is 12.0 Å². The molecule has 1 atom stereocenters. The summed E-state index contributed by atoms with van der Waals surface area (Å²) in [5.41, 5.74) is -0.177. The molecule has 0 aliphatic heterocycles. The van der Waals surface area contributed by atoms with E-state index in [1.165, 1.54) is 0 Å². The minimum atomic E-state index is -0.701. The highest BCUT2D eigenvalue weighted by molar-refractivity contribution is 5.68. The second kappa shape index (κ2) is 6.02. The number of hydrogen-bond acceptors (Lipinski definition) is 2. The molecule has 3 heteroatoms. The highest BCUT2D eigenvalue weighted by Gasteiger charge is 2.31. The van der Waals surface area contributed by atoms with Crippen LogP contribution in [-0.2, 0) is 4.79 Å². The maximum Gasteiger partial charge on any atom is 0.305 e. The van der Waals surface area contributed by atoms with Crippen molar-refractivity contribution < 1.29 is 9.90 Å². The highest BCUT2D eigenvalue weighted by Crippen LogP contribution is 2.24. The molecule has 0 rings (SSSR count).